The van der Waals surface area contributed by atoms with Crippen molar-refractivity contribution in [3.05, 3.63) is 22.8 Å². The molecule has 1 nitrogen and oxygen atoms in total. The van der Waals surface area contributed by atoms with Gasteiger partial charge in [-0.2, -0.15) is 0 Å². The lowest BCUT2D eigenvalue weighted by atomic mass is 9.76. The minimum atomic E-state index is 0.522. The van der Waals surface area contributed by atoms with E-state index in [0.29, 0.717) is 5.92 Å². The predicted molar refractivity (Wildman–Crippen MR) is 124 cm³/mol. The van der Waals surface area contributed by atoms with Gasteiger partial charge in [-0.05, 0) is 63.4 Å². The van der Waals surface area contributed by atoms with Crippen molar-refractivity contribution >= 4 is 5.71 Å². The van der Waals surface area contributed by atoms with Crippen molar-refractivity contribution in [1.82, 2.24) is 0 Å². The Morgan fingerprint density at radius 2 is 1.70 bits per heavy atom. The van der Waals surface area contributed by atoms with Gasteiger partial charge in [-0.25, -0.2) is 0 Å². The van der Waals surface area contributed by atoms with Gasteiger partial charge in [0.1, 0.15) is 0 Å². The maximum absolute atomic E-state index is 4.70. The van der Waals surface area contributed by atoms with Crippen LogP contribution in [0.25, 0.3) is 0 Å². The Bertz CT molecular complexity index is 500. The summed E-state index contributed by atoms with van der Waals surface area (Å²) in [5.74, 6) is 2.18. The molecule has 1 atom stereocenters. The molecule has 1 heteroatoms. The third kappa shape index (κ3) is 8.79. The van der Waals surface area contributed by atoms with Crippen molar-refractivity contribution in [3.63, 3.8) is 0 Å². The van der Waals surface area contributed by atoms with E-state index in [9.17, 15) is 0 Å². The Labute approximate surface area is 170 Å². The van der Waals surface area contributed by atoms with Crippen LogP contribution in [0, 0.1) is 17.8 Å². The first-order chi connectivity index (χ1) is 12.9. The monoisotopic (exact) mass is 373 g/mol. The first-order valence-corrected chi connectivity index (χ1v) is 11.7. The average Bonchev–Trinajstić information content (AvgIpc) is 2.67. The van der Waals surface area contributed by atoms with Gasteiger partial charge in [-0.3, -0.25) is 4.99 Å². The summed E-state index contributed by atoms with van der Waals surface area (Å²) in [6.45, 7) is 13.9. The van der Waals surface area contributed by atoms with E-state index in [4.69, 9.17) is 4.99 Å². The Morgan fingerprint density at radius 1 is 1.04 bits per heavy atom. The van der Waals surface area contributed by atoms with Crippen LogP contribution in [0.5, 0.6) is 0 Å². The molecule has 156 valence electrons. The van der Waals surface area contributed by atoms with Gasteiger partial charge in [-0.15, -0.1) is 0 Å². The zero-order valence-electron chi connectivity index (χ0n) is 19.5. The van der Waals surface area contributed by atoms with Gasteiger partial charge < -0.3 is 0 Å². The van der Waals surface area contributed by atoms with Crippen LogP contribution in [-0.4, -0.2) is 12.8 Å². The van der Waals surface area contributed by atoms with E-state index in [-0.39, 0.29) is 0 Å². The minimum absolute atomic E-state index is 0.522. The smallest absolute Gasteiger partial charge is 0.0276 e. The van der Waals surface area contributed by atoms with Crippen LogP contribution in [0.3, 0.4) is 0 Å². The SMILES string of the molecule is CCC/C(CCC(C)C)=C(\C=C(\C)CC)[C@@H](CC1CCCCC1)/C(C)=N\C. The molecule has 0 aromatic heterocycles. The van der Waals surface area contributed by atoms with E-state index in [1.165, 1.54) is 75.5 Å². The fraction of sp³-hybridized carbons (Fsp3) is 0.808. The number of allylic oxidation sites excluding steroid dienone is 4. The van der Waals surface area contributed by atoms with Crippen molar-refractivity contribution in [2.24, 2.45) is 22.7 Å². The zero-order chi connectivity index (χ0) is 20.2. The standard InChI is InChI=1S/C26H47N/c1-8-13-24(17-16-20(3)4)26(18-21(5)9-2)25(22(6)27-7)19-23-14-11-10-12-15-23/h18,20,23,25H,8-17,19H2,1-7H3/b21-18-,26-24-,27-22-/t25-/m0/s1. The Morgan fingerprint density at radius 3 is 2.22 bits per heavy atom. The second-order valence-corrected chi connectivity index (χ2v) is 9.24. The molecule has 0 unspecified atom stereocenters. The van der Waals surface area contributed by atoms with Crippen molar-refractivity contribution in [3.8, 4) is 0 Å². The van der Waals surface area contributed by atoms with Gasteiger partial charge in [0.2, 0.25) is 0 Å². The lowest BCUT2D eigenvalue weighted by Gasteiger charge is -2.29. The van der Waals surface area contributed by atoms with Crippen molar-refractivity contribution in [2.75, 3.05) is 7.05 Å². The van der Waals surface area contributed by atoms with Crippen LogP contribution in [0.15, 0.2) is 27.8 Å². The van der Waals surface area contributed by atoms with E-state index in [1.807, 2.05) is 7.05 Å². The fourth-order valence-electron chi connectivity index (χ4n) is 4.43. The van der Waals surface area contributed by atoms with Gasteiger partial charge in [0.25, 0.3) is 0 Å². The number of nitrogens with zero attached hydrogens (tertiary/aromatic N) is 1. The van der Waals surface area contributed by atoms with Gasteiger partial charge in [-0.1, -0.05) is 83.4 Å². The molecule has 0 bridgehead atoms. The maximum atomic E-state index is 4.70. The summed E-state index contributed by atoms with van der Waals surface area (Å²) in [5.41, 5.74) is 6.20. The van der Waals surface area contributed by atoms with E-state index < -0.39 is 0 Å². The molecule has 0 amide bonds. The lowest BCUT2D eigenvalue weighted by Crippen LogP contribution is -2.21. The fourth-order valence-corrected chi connectivity index (χ4v) is 4.43. The Hall–Kier alpha value is -0.850. The summed E-state index contributed by atoms with van der Waals surface area (Å²) in [6, 6.07) is 0. The van der Waals surface area contributed by atoms with Crippen LogP contribution in [0.4, 0.5) is 0 Å². The molecule has 0 radical (unpaired) electrons. The molecule has 0 heterocycles. The van der Waals surface area contributed by atoms with Gasteiger partial charge in [0, 0.05) is 18.7 Å². The quantitative estimate of drug-likeness (QED) is 0.254. The molecule has 1 fully saturated rings. The molecular weight excluding hydrogens is 326 g/mol. The molecule has 0 aromatic rings. The number of hydrogen-bond donors (Lipinski definition) is 0. The third-order valence-electron chi connectivity index (χ3n) is 6.47. The van der Waals surface area contributed by atoms with Crippen molar-refractivity contribution in [2.45, 2.75) is 112 Å². The van der Waals surface area contributed by atoms with E-state index >= 15 is 0 Å². The molecule has 0 aliphatic heterocycles. The van der Waals surface area contributed by atoms with Crippen molar-refractivity contribution < 1.29 is 0 Å². The van der Waals surface area contributed by atoms with Crippen LogP contribution in [-0.2, 0) is 0 Å². The largest absolute Gasteiger partial charge is 0.297 e. The topological polar surface area (TPSA) is 12.4 Å². The van der Waals surface area contributed by atoms with Gasteiger partial charge >= 0.3 is 0 Å². The highest BCUT2D eigenvalue weighted by atomic mass is 14.7. The molecular formula is C26H47N. The van der Waals surface area contributed by atoms with E-state index in [2.05, 4.69) is 47.6 Å². The summed E-state index contributed by atoms with van der Waals surface area (Å²) in [6.07, 6.45) is 17.2. The highest BCUT2D eigenvalue weighted by Gasteiger charge is 2.25. The lowest BCUT2D eigenvalue weighted by molar-refractivity contribution is 0.325. The molecule has 1 rings (SSSR count). The van der Waals surface area contributed by atoms with E-state index in [1.54, 1.807) is 11.1 Å². The highest BCUT2D eigenvalue weighted by molar-refractivity contribution is 5.87. The highest BCUT2D eigenvalue weighted by Crippen LogP contribution is 2.36. The molecule has 1 saturated carbocycles. The Kier molecular flexibility index (Phi) is 12.0. The van der Waals surface area contributed by atoms with Gasteiger partial charge in [0.05, 0.1) is 0 Å². The molecule has 27 heavy (non-hydrogen) atoms. The second kappa shape index (κ2) is 13.3. The number of rotatable bonds is 11. The molecule has 0 saturated heterocycles. The first-order valence-electron chi connectivity index (χ1n) is 11.7. The van der Waals surface area contributed by atoms with Crippen LogP contribution in [0.2, 0.25) is 0 Å². The summed E-state index contributed by atoms with van der Waals surface area (Å²) < 4.78 is 0. The average molecular weight is 374 g/mol. The molecule has 1 aliphatic carbocycles. The molecule has 0 spiro atoms. The Balaban J connectivity index is 3.31. The zero-order valence-corrected chi connectivity index (χ0v) is 19.5. The third-order valence-corrected chi connectivity index (χ3v) is 6.47. The first kappa shape index (κ1) is 24.2. The summed E-state index contributed by atoms with van der Waals surface area (Å²) in [7, 11) is 1.99. The van der Waals surface area contributed by atoms with Crippen molar-refractivity contribution in [1.29, 1.82) is 0 Å². The maximum Gasteiger partial charge on any atom is 0.0276 e. The summed E-state index contributed by atoms with van der Waals surface area (Å²) in [5, 5.41) is 0. The number of aliphatic imine (C=N–C) groups is 1. The molecule has 1 aliphatic rings. The second-order valence-electron chi connectivity index (χ2n) is 9.24. The minimum Gasteiger partial charge on any atom is -0.297 e. The van der Waals surface area contributed by atoms with Crippen LogP contribution < -0.4 is 0 Å². The predicted octanol–water partition coefficient (Wildman–Crippen LogP) is 8.55. The summed E-state index contributed by atoms with van der Waals surface area (Å²) >= 11 is 0. The molecule has 0 aromatic carbocycles. The normalized spacial score (nSPS) is 19.4. The molecule has 0 N–H and O–H groups in total. The number of hydrogen-bond acceptors (Lipinski definition) is 1. The summed E-state index contributed by atoms with van der Waals surface area (Å²) in [4.78, 5) is 4.70. The van der Waals surface area contributed by atoms with Gasteiger partial charge in [0.15, 0.2) is 0 Å². The van der Waals surface area contributed by atoms with Crippen LogP contribution >= 0.6 is 0 Å². The van der Waals surface area contributed by atoms with Crippen LogP contribution in [0.1, 0.15) is 112 Å². The van der Waals surface area contributed by atoms with E-state index in [0.717, 1.165) is 18.3 Å².